The third-order valence-electron chi connectivity index (χ3n) is 5.20. The van der Waals surface area contributed by atoms with E-state index in [0.29, 0.717) is 22.7 Å². The fraction of sp³-hybridized carbons (Fsp3) is 0.115. The van der Waals surface area contributed by atoms with Crippen LogP contribution in [0.3, 0.4) is 0 Å². The van der Waals surface area contributed by atoms with Crippen LogP contribution in [0.1, 0.15) is 11.1 Å². The van der Waals surface area contributed by atoms with Crippen LogP contribution in [0.25, 0.3) is 6.08 Å². The molecule has 1 saturated heterocycles. The molecule has 1 aliphatic rings. The predicted octanol–water partition coefficient (Wildman–Crippen LogP) is 3.48. The second kappa shape index (κ2) is 9.91. The molecule has 3 amide bonds. The van der Waals surface area contributed by atoms with E-state index in [1.165, 1.54) is 18.2 Å². The van der Waals surface area contributed by atoms with Crippen molar-refractivity contribution in [2.24, 2.45) is 0 Å². The number of benzene rings is 3. The van der Waals surface area contributed by atoms with Gasteiger partial charge in [0.2, 0.25) is 0 Å². The normalized spacial score (nSPS) is 14.2. The molecular weight excluding hydrogens is 434 g/mol. The Hall–Kier alpha value is -4.59. The van der Waals surface area contributed by atoms with Gasteiger partial charge >= 0.3 is 0 Å². The van der Waals surface area contributed by atoms with Crippen LogP contribution in [-0.2, 0) is 14.4 Å². The van der Waals surface area contributed by atoms with E-state index in [4.69, 9.17) is 9.47 Å². The molecule has 0 unspecified atom stereocenters. The second-order valence-corrected chi connectivity index (χ2v) is 7.51. The summed E-state index contributed by atoms with van der Waals surface area (Å²) in [7, 11) is 1.47. The smallest absolute Gasteiger partial charge is 0.282 e. The van der Waals surface area contributed by atoms with Crippen molar-refractivity contribution in [1.82, 2.24) is 5.43 Å². The highest BCUT2D eigenvalue weighted by atomic mass is 16.5. The maximum absolute atomic E-state index is 12.9. The van der Waals surface area contributed by atoms with Gasteiger partial charge in [-0.2, -0.15) is 0 Å². The minimum absolute atomic E-state index is 0.0636. The highest BCUT2D eigenvalue weighted by Crippen LogP contribution is 2.33. The van der Waals surface area contributed by atoms with Crippen LogP contribution in [0.2, 0.25) is 0 Å². The molecule has 0 radical (unpaired) electrons. The van der Waals surface area contributed by atoms with E-state index in [1.807, 2.05) is 31.2 Å². The number of hydrogen-bond acceptors (Lipinski definition) is 5. The SMILES string of the molecule is COc1cccc(C=C2C(=O)NN(c3ccccc3)C2=O)c1OCC(=O)Nc1ccccc1C. The van der Waals surface area contributed by atoms with E-state index in [-0.39, 0.29) is 23.8 Å². The largest absolute Gasteiger partial charge is 0.493 e. The molecule has 0 saturated carbocycles. The molecule has 0 aromatic heterocycles. The van der Waals surface area contributed by atoms with E-state index in [9.17, 15) is 14.4 Å². The minimum Gasteiger partial charge on any atom is -0.493 e. The maximum Gasteiger partial charge on any atom is 0.282 e. The van der Waals surface area contributed by atoms with Crippen molar-refractivity contribution >= 4 is 35.2 Å². The van der Waals surface area contributed by atoms with E-state index < -0.39 is 11.8 Å². The summed E-state index contributed by atoms with van der Waals surface area (Å²) in [6.45, 7) is 1.60. The van der Waals surface area contributed by atoms with Crippen molar-refractivity contribution in [3.63, 3.8) is 0 Å². The van der Waals surface area contributed by atoms with Gasteiger partial charge in [-0.25, -0.2) is 5.01 Å². The first-order valence-corrected chi connectivity index (χ1v) is 10.6. The number of nitrogens with zero attached hydrogens (tertiary/aromatic N) is 1. The predicted molar refractivity (Wildman–Crippen MR) is 128 cm³/mol. The molecule has 4 rings (SSSR count). The molecule has 2 N–H and O–H groups in total. The Balaban J connectivity index is 1.57. The van der Waals surface area contributed by atoms with Gasteiger partial charge in [-0.3, -0.25) is 19.8 Å². The van der Waals surface area contributed by atoms with Gasteiger partial charge < -0.3 is 14.8 Å². The number of ether oxygens (including phenoxy) is 2. The summed E-state index contributed by atoms with van der Waals surface area (Å²) in [5.74, 6) is -0.786. The monoisotopic (exact) mass is 457 g/mol. The molecule has 1 aliphatic heterocycles. The molecule has 0 spiro atoms. The summed E-state index contributed by atoms with van der Waals surface area (Å²) < 4.78 is 11.2. The molecule has 0 bridgehead atoms. The summed E-state index contributed by atoms with van der Waals surface area (Å²) in [6.07, 6.45) is 1.43. The summed E-state index contributed by atoms with van der Waals surface area (Å²) in [5.41, 5.74) is 5.08. The molecule has 0 aliphatic carbocycles. The molecule has 0 atom stereocenters. The van der Waals surface area contributed by atoms with E-state index >= 15 is 0 Å². The maximum atomic E-state index is 12.9. The van der Waals surface area contributed by atoms with Crippen molar-refractivity contribution in [1.29, 1.82) is 0 Å². The van der Waals surface area contributed by atoms with Gasteiger partial charge in [0.1, 0.15) is 5.57 Å². The summed E-state index contributed by atoms with van der Waals surface area (Å²) >= 11 is 0. The molecular formula is C26H23N3O5. The molecule has 3 aromatic rings. The van der Waals surface area contributed by atoms with Crippen LogP contribution < -0.4 is 25.2 Å². The quantitative estimate of drug-likeness (QED) is 0.418. The number of hydrazine groups is 1. The number of carbonyl (C=O) groups excluding carboxylic acids is 3. The molecule has 34 heavy (non-hydrogen) atoms. The molecule has 8 heteroatoms. The van der Waals surface area contributed by atoms with Gasteiger partial charge in [0.25, 0.3) is 17.7 Å². The number of carbonyl (C=O) groups is 3. The topological polar surface area (TPSA) is 97.0 Å². The highest BCUT2D eigenvalue weighted by molar-refractivity contribution is 6.31. The third kappa shape index (κ3) is 4.75. The standard InChI is InChI=1S/C26H23N3O5/c1-17-9-6-7-13-21(17)27-23(30)16-34-24-18(10-8-14-22(24)33-2)15-20-25(31)28-29(26(20)32)19-11-4-3-5-12-19/h3-15H,16H2,1-2H3,(H,27,30)(H,28,31). The van der Waals surface area contributed by atoms with Gasteiger partial charge in [0, 0.05) is 11.3 Å². The first kappa shape index (κ1) is 22.6. The van der Waals surface area contributed by atoms with Gasteiger partial charge in [-0.1, -0.05) is 48.5 Å². The van der Waals surface area contributed by atoms with Gasteiger partial charge in [-0.15, -0.1) is 0 Å². The van der Waals surface area contributed by atoms with Crippen molar-refractivity contribution in [2.45, 2.75) is 6.92 Å². The Morgan fingerprint density at radius 3 is 2.47 bits per heavy atom. The van der Waals surface area contributed by atoms with E-state index in [0.717, 1.165) is 5.56 Å². The lowest BCUT2D eigenvalue weighted by Gasteiger charge is -2.14. The number of hydrogen-bond donors (Lipinski definition) is 2. The fourth-order valence-corrected chi connectivity index (χ4v) is 3.47. The average Bonchev–Trinajstić information content (AvgIpc) is 3.13. The number of amides is 3. The van der Waals surface area contributed by atoms with Crippen molar-refractivity contribution in [2.75, 3.05) is 24.0 Å². The molecule has 172 valence electrons. The number of methoxy groups -OCH3 is 1. The zero-order chi connectivity index (χ0) is 24.1. The number of aryl methyl sites for hydroxylation is 1. The van der Waals surface area contributed by atoms with Crippen molar-refractivity contribution < 1.29 is 23.9 Å². The van der Waals surface area contributed by atoms with Crippen LogP contribution in [0.15, 0.2) is 78.4 Å². The lowest BCUT2D eigenvalue weighted by molar-refractivity contribution is -0.118. The zero-order valence-corrected chi connectivity index (χ0v) is 18.7. The van der Waals surface area contributed by atoms with Crippen molar-refractivity contribution in [3.05, 3.63) is 89.5 Å². The Bertz CT molecular complexity index is 1270. The lowest BCUT2D eigenvalue weighted by Crippen LogP contribution is -2.35. The molecule has 1 heterocycles. The van der Waals surface area contributed by atoms with E-state index in [1.54, 1.807) is 48.5 Å². The molecule has 1 fully saturated rings. The first-order chi connectivity index (χ1) is 16.5. The average molecular weight is 457 g/mol. The number of nitrogens with one attached hydrogen (secondary N) is 2. The zero-order valence-electron chi connectivity index (χ0n) is 18.7. The molecule has 3 aromatic carbocycles. The van der Waals surface area contributed by atoms with Crippen LogP contribution in [0.4, 0.5) is 11.4 Å². The first-order valence-electron chi connectivity index (χ1n) is 10.6. The van der Waals surface area contributed by atoms with Gasteiger partial charge in [-0.05, 0) is 42.8 Å². The summed E-state index contributed by atoms with van der Waals surface area (Å²) in [5, 5.41) is 3.99. The molecule has 8 nitrogen and oxygen atoms in total. The van der Waals surface area contributed by atoms with E-state index in [2.05, 4.69) is 10.7 Å². The summed E-state index contributed by atoms with van der Waals surface area (Å²) in [6, 6.07) is 21.3. The Morgan fingerprint density at radius 1 is 1.00 bits per heavy atom. The van der Waals surface area contributed by atoms with Crippen LogP contribution in [0, 0.1) is 6.92 Å². The number of anilines is 2. The lowest BCUT2D eigenvalue weighted by atomic mass is 10.1. The van der Waals surface area contributed by atoms with Crippen molar-refractivity contribution in [3.8, 4) is 11.5 Å². The number of para-hydroxylation sites is 3. The van der Waals surface area contributed by atoms with Gasteiger partial charge in [0.05, 0.1) is 12.8 Å². The Kier molecular flexibility index (Phi) is 6.59. The van der Waals surface area contributed by atoms with Crippen LogP contribution in [0.5, 0.6) is 11.5 Å². The second-order valence-electron chi connectivity index (χ2n) is 7.51. The van der Waals surface area contributed by atoms with Crippen LogP contribution in [-0.4, -0.2) is 31.4 Å². The highest BCUT2D eigenvalue weighted by Gasteiger charge is 2.34. The third-order valence-corrected chi connectivity index (χ3v) is 5.20. The summed E-state index contributed by atoms with van der Waals surface area (Å²) in [4.78, 5) is 38.0. The fourth-order valence-electron chi connectivity index (χ4n) is 3.47. The van der Waals surface area contributed by atoms with Crippen LogP contribution >= 0.6 is 0 Å². The minimum atomic E-state index is -0.542. The Morgan fingerprint density at radius 2 is 1.74 bits per heavy atom. The Labute approximate surface area is 196 Å². The van der Waals surface area contributed by atoms with Gasteiger partial charge in [0.15, 0.2) is 18.1 Å². The number of rotatable bonds is 7.